The van der Waals surface area contributed by atoms with Crippen molar-refractivity contribution in [2.24, 2.45) is 5.73 Å². The molecule has 1 aromatic rings. The van der Waals surface area contributed by atoms with Crippen LogP contribution < -0.4 is 11.1 Å². The molecule has 0 aliphatic rings. The van der Waals surface area contributed by atoms with Crippen molar-refractivity contribution in [3.8, 4) is 0 Å². The van der Waals surface area contributed by atoms with Gasteiger partial charge in [0.25, 0.3) is 0 Å². The third-order valence-electron chi connectivity index (χ3n) is 2.98. The van der Waals surface area contributed by atoms with Gasteiger partial charge in [-0.3, -0.25) is 0 Å². The number of thiocarbonyl (C=S) groups is 1. The van der Waals surface area contributed by atoms with Crippen LogP contribution in [0, 0.1) is 0 Å². The second-order valence-corrected chi connectivity index (χ2v) is 5.27. The molecule has 0 saturated heterocycles. The van der Waals surface area contributed by atoms with Crippen LogP contribution >= 0.6 is 23.8 Å². The summed E-state index contributed by atoms with van der Waals surface area (Å²) in [5.41, 5.74) is 7.29. The molecule has 0 spiro atoms. The second-order valence-electron chi connectivity index (χ2n) is 4.42. The Morgan fingerprint density at radius 1 is 1.37 bits per heavy atom. The number of nitrogens with zero attached hydrogens (tertiary/aromatic N) is 1. The lowest BCUT2D eigenvalue weighted by atomic mass is 10.2. The lowest BCUT2D eigenvalue weighted by Crippen LogP contribution is -2.29. The molecule has 106 valence electrons. The van der Waals surface area contributed by atoms with Gasteiger partial charge in [-0.15, -0.1) is 0 Å². The molecule has 0 unspecified atom stereocenters. The van der Waals surface area contributed by atoms with Crippen molar-refractivity contribution in [1.29, 1.82) is 0 Å². The van der Waals surface area contributed by atoms with Crippen molar-refractivity contribution in [2.45, 2.75) is 20.3 Å². The average Bonchev–Trinajstić information content (AvgIpc) is 2.39. The zero-order valence-electron chi connectivity index (χ0n) is 11.6. The van der Waals surface area contributed by atoms with Crippen molar-refractivity contribution >= 4 is 34.5 Å². The average molecular weight is 300 g/mol. The fourth-order valence-electron chi connectivity index (χ4n) is 1.90. The van der Waals surface area contributed by atoms with E-state index in [0.717, 1.165) is 37.4 Å². The third kappa shape index (κ3) is 5.35. The molecule has 3 nitrogen and oxygen atoms in total. The summed E-state index contributed by atoms with van der Waals surface area (Å²) in [6, 6.07) is 5.61. The Morgan fingerprint density at radius 2 is 2.11 bits per heavy atom. The molecule has 19 heavy (non-hydrogen) atoms. The highest BCUT2D eigenvalue weighted by Crippen LogP contribution is 2.22. The van der Waals surface area contributed by atoms with E-state index in [2.05, 4.69) is 24.1 Å². The maximum Gasteiger partial charge on any atom is 0.104 e. The highest BCUT2D eigenvalue weighted by atomic mass is 35.5. The monoisotopic (exact) mass is 299 g/mol. The van der Waals surface area contributed by atoms with Crippen LogP contribution in [0.15, 0.2) is 18.2 Å². The van der Waals surface area contributed by atoms with E-state index in [1.807, 2.05) is 12.1 Å². The Bertz CT molecular complexity index is 423. The predicted molar refractivity (Wildman–Crippen MR) is 88.2 cm³/mol. The molecule has 0 heterocycles. The lowest BCUT2D eigenvalue weighted by Gasteiger charge is -2.20. The molecule has 0 fully saturated rings. The maximum atomic E-state index is 6.19. The standard InChI is InChI=1S/C14H22ClN3S/c1-3-8-18(4-2)9-7-17-13-6-5-11(14(16)19)10-12(13)15/h5-6,10,17H,3-4,7-9H2,1-2H3,(H2,16,19). The van der Waals surface area contributed by atoms with Gasteiger partial charge in [-0.2, -0.15) is 0 Å². The Morgan fingerprint density at radius 3 is 2.63 bits per heavy atom. The summed E-state index contributed by atoms with van der Waals surface area (Å²) in [6.07, 6.45) is 1.18. The van der Waals surface area contributed by atoms with Crippen LogP contribution in [0.3, 0.4) is 0 Å². The summed E-state index contributed by atoms with van der Waals surface area (Å²) < 4.78 is 0. The normalized spacial score (nSPS) is 10.7. The quantitative estimate of drug-likeness (QED) is 0.724. The number of likely N-dealkylation sites (N-methyl/N-ethyl adjacent to an activating group) is 1. The van der Waals surface area contributed by atoms with Crippen LogP contribution in [0.25, 0.3) is 0 Å². The Balaban J connectivity index is 2.51. The van der Waals surface area contributed by atoms with E-state index in [1.165, 1.54) is 6.42 Å². The number of rotatable bonds is 8. The minimum Gasteiger partial charge on any atom is -0.389 e. The van der Waals surface area contributed by atoms with E-state index in [-0.39, 0.29) is 0 Å². The van der Waals surface area contributed by atoms with E-state index in [9.17, 15) is 0 Å². The molecule has 5 heteroatoms. The summed E-state index contributed by atoms with van der Waals surface area (Å²) in [7, 11) is 0. The van der Waals surface area contributed by atoms with Crippen LogP contribution in [0.5, 0.6) is 0 Å². The number of hydrogen-bond acceptors (Lipinski definition) is 3. The van der Waals surface area contributed by atoms with Crippen LogP contribution in [-0.2, 0) is 0 Å². The zero-order chi connectivity index (χ0) is 14.3. The number of benzene rings is 1. The number of halogens is 1. The summed E-state index contributed by atoms with van der Waals surface area (Å²) in [5.74, 6) is 0. The first-order chi connectivity index (χ1) is 9.08. The summed E-state index contributed by atoms with van der Waals surface area (Å²) >= 11 is 11.1. The van der Waals surface area contributed by atoms with E-state index in [1.54, 1.807) is 6.07 Å². The largest absolute Gasteiger partial charge is 0.389 e. The van der Waals surface area contributed by atoms with Crippen LogP contribution in [0.1, 0.15) is 25.8 Å². The molecule has 1 aromatic carbocycles. The van der Waals surface area contributed by atoms with Crippen LogP contribution in [0.2, 0.25) is 5.02 Å². The highest BCUT2D eigenvalue weighted by Gasteiger charge is 2.04. The Kier molecular flexibility index (Phi) is 7.13. The van der Waals surface area contributed by atoms with Crippen molar-refractivity contribution in [3.05, 3.63) is 28.8 Å². The van der Waals surface area contributed by atoms with Gasteiger partial charge >= 0.3 is 0 Å². The second kappa shape index (κ2) is 8.35. The van der Waals surface area contributed by atoms with E-state index >= 15 is 0 Å². The summed E-state index contributed by atoms with van der Waals surface area (Å²) in [4.78, 5) is 2.78. The van der Waals surface area contributed by atoms with Gasteiger partial charge in [-0.25, -0.2) is 0 Å². The molecular weight excluding hydrogens is 278 g/mol. The van der Waals surface area contributed by atoms with Gasteiger partial charge in [0.1, 0.15) is 4.99 Å². The highest BCUT2D eigenvalue weighted by molar-refractivity contribution is 7.80. The SMILES string of the molecule is CCCN(CC)CCNc1ccc(C(N)=S)cc1Cl. The molecule has 0 aliphatic heterocycles. The fraction of sp³-hybridized carbons (Fsp3) is 0.500. The van der Waals surface area contributed by atoms with Gasteiger partial charge < -0.3 is 16.0 Å². The lowest BCUT2D eigenvalue weighted by molar-refractivity contribution is 0.300. The van der Waals surface area contributed by atoms with Crippen LogP contribution in [-0.4, -0.2) is 36.1 Å². The topological polar surface area (TPSA) is 41.3 Å². The van der Waals surface area contributed by atoms with Gasteiger partial charge in [0, 0.05) is 18.7 Å². The molecule has 0 radical (unpaired) electrons. The maximum absolute atomic E-state index is 6.19. The van der Waals surface area contributed by atoms with Gasteiger partial charge in [0.2, 0.25) is 0 Å². The number of anilines is 1. The van der Waals surface area contributed by atoms with Crippen LogP contribution in [0.4, 0.5) is 5.69 Å². The minimum atomic E-state index is 0.369. The molecule has 0 aliphatic carbocycles. The van der Waals surface area contributed by atoms with Gasteiger partial charge in [0.05, 0.1) is 10.7 Å². The molecule has 0 aromatic heterocycles. The molecule has 1 rings (SSSR count). The first-order valence-corrected chi connectivity index (χ1v) is 7.42. The first-order valence-electron chi connectivity index (χ1n) is 6.64. The van der Waals surface area contributed by atoms with E-state index in [0.29, 0.717) is 10.0 Å². The minimum absolute atomic E-state index is 0.369. The smallest absolute Gasteiger partial charge is 0.104 e. The number of nitrogens with two attached hydrogens (primary N) is 1. The number of nitrogens with one attached hydrogen (secondary N) is 1. The van der Waals surface area contributed by atoms with Gasteiger partial charge in [0.15, 0.2) is 0 Å². The molecule has 3 N–H and O–H groups in total. The van der Waals surface area contributed by atoms with Gasteiger partial charge in [-0.05, 0) is 37.7 Å². The molecule has 0 amide bonds. The van der Waals surface area contributed by atoms with Crippen molar-refractivity contribution < 1.29 is 0 Å². The fourth-order valence-corrected chi connectivity index (χ4v) is 2.28. The Labute approximate surface area is 126 Å². The summed E-state index contributed by atoms with van der Waals surface area (Å²) in [5, 5.41) is 4.00. The Hall–Kier alpha value is -0.840. The van der Waals surface area contributed by atoms with Crippen molar-refractivity contribution in [3.63, 3.8) is 0 Å². The number of hydrogen-bond donors (Lipinski definition) is 2. The van der Waals surface area contributed by atoms with Gasteiger partial charge in [-0.1, -0.05) is 37.7 Å². The first kappa shape index (κ1) is 16.2. The summed E-state index contributed by atoms with van der Waals surface area (Å²) in [6.45, 7) is 8.47. The zero-order valence-corrected chi connectivity index (χ0v) is 13.2. The van der Waals surface area contributed by atoms with Crippen molar-refractivity contribution in [2.75, 3.05) is 31.5 Å². The molecule has 0 bridgehead atoms. The molecule has 0 saturated carbocycles. The third-order valence-corrected chi connectivity index (χ3v) is 3.53. The van der Waals surface area contributed by atoms with E-state index in [4.69, 9.17) is 29.6 Å². The predicted octanol–water partition coefficient (Wildman–Crippen LogP) is 3.12. The van der Waals surface area contributed by atoms with Crippen molar-refractivity contribution in [1.82, 2.24) is 4.90 Å². The molecule has 0 atom stereocenters. The molecular formula is C14H22ClN3S. The van der Waals surface area contributed by atoms with E-state index < -0.39 is 0 Å².